The van der Waals surface area contributed by atoms with Gasteiger partial charge in [-0.3, -0.25) is 4.79 Å². The average Bonchev–Trinajstić information content (AvgIpc) is 3.16. The zero-order valence-corrected chi connectivity index (χ0v) is 14.9. The van der Waals surface area contributed by atoms with Gasteiger partial charge in [-0.1, -0.05) is 0 Å². The molecule has 6 heteroatoms. The summed E-state index contributed by atoms with van der Waals surface area (Å²) in [6.45, 7) is 4.65. The van der Waals surface area contributed by atoms with E-state index in [0.29, 0.717) is 12.4 Å². The minimum Gasteiger partial charge on any atom is -0.497 e. The third kappa shape index (κ3) is 3.46. The quantitative estimate of drug-likeness (QED) is 0.888. The fourth-order valence-electron chi connectivity index (χ4n) is 3.46. The number of hydrogen-bond acceptors (Lipinski definition) is 4. The predicted molar refractivity (Wildman–Crippen MR) is 95.9 cm³/mol. The molecule has 0 spiro atoms. The van der Waals surface area contributed by atoms with Gasteiger partial charge in [0.05, 0.1) is 33.3 Å². The molecule has 0 aromatic heterocycles. The molecular formula is C20H23N2O4+. The lowest BCUT2D eigenvalue weighted by molar-refractivity contribution is -0.917. The van der Waals surface area contributed by atoms with E-state index in [2.05, 4.69) is 12.1 Å². The summed E-state index contributed by atoms with van der Waals surface area (Å²) >= 11 is 0. The van der Waals surface area contributed by atoms with Crippen LogP contribution in [0, 0.1) is 0 Å². The number of amides is 1. The molecule has 2 heterocycles. The van der Waals surface area contributed by atoms with E-state index in [1.54, 1.807) is 7.11 Å². The van der Waals surface area contributed by atoms with Crippen LogP contribution in [-0.4, -0.2) is 50.9 Å². The van der Waals surface area contributed by atoms with Crippen LogP contribution in [0.1, 0.15) is 15.9 Å². The first-order valence-corrected chi connectivity index (χ1v) is 8.88. The number of piperazine rings is 1. The normalized spacial score (nSPS) is 16.6. The van der Waals surface area contributed by atoms with Crippen LogP contribution < -0.4 is 19.1 Å². The highest BCUT2D eigenvalue weighted by molar-refractivity contribution is 5.94. The van der Waals surface area contributed by atoms with Crippen LogP contribution in [0.5, 0.6) is 17.2 Å². The van der Waals surface area contributed by atoms with Gasteiger partial charge < -0.3 is 24.0 Å². The van der Waals surface area contributed by atoms with Crippen LogP contribution in [0.2, 0.25) is 0 Å². The number of hydrogen-bond donors (Lipinski definition) is 1. The molecule has 0 saturated carbocycles. The molecule has 0 radical (unpaired) electrons. The first-order chi connectivity index (χ1) is 12.7. The largest absolute Gasteiger partial charge is 0.497 e. The van der Waals surface area contributed by atoms with Gasteiger partial charge in [-0.15, -0.1) is 0 Å². The standard InChI is InChI=1S/C20H22N2O4/c1-24-17-5-3-16(4-6-17)20(23)22-10-8-21(9-11-22)13-15-2-7-18-19(12-15)26-14-25-18/h2-7,12H,8-11,13-14H2,1H3/p+1. The van der Waals surface area contributed by atoms with E-state index in [-0.39, 0.29) is 5.91 Å². The van der Waals surface area contributed by atoms with Gasteiger partial charge in [0.1, 0.15) is 12.3 Å². The number of carbonyl (C=O) groups excluding carboxylic acids is 1. The van der Waals surface area contributed by atoms with Gasteiger partial charge in [-0.05, 0) is 42.5 Å². The van der Waals surface area contributed by atoms with Crippen LogP contribution in [0.15, 0.2) is 42.5 Å². The summed E-state index contributed by atoms with van der Waals surface area (Å²) in [6, 6.07) is 13.4. The maximum absolute atomic E-state index is 12.6. The Kier molecular flexibility index (Phi) is 4.67. The van der Waals surface area contributed by atoms with Crippen molar-refractivity contribution in [1.29, 1.82) is 0 Å². The Balaban J connectivity index is 1.32. The highest BCUT2D eigenvalue weighted by Crippen LogP contribution is 2.32. The van der Waals surface area contributed by atoms with Crippen molar-refractivity contribution in [2.75, 3.05) is 40.1 Å². The Bertz CT molecular complexity index is 783. The molecule has 4 rings (SSSR count). The second kappa shape index (κ2) is 7.25. The average molecular weight is 355 g/mol. The van der Waals surface area contributed by atoms with Crippen LogP contribution in [0.4, 0.5) is 0 Å². The lowest BCUT2D eigenvalue weighted by atomic mass is 10.1. The van der Waals surface area contributed by atoms with Gasteiger partial charge in [0.15, 0.2) is 11.5 Å². The molecule has 136 valence electrons. The molecule has 1 N–H and O–H groups in total. The number of rotatable bonds is 4. The highest BCUT2D eigenvalue weighted by Gasteiger charge is 2.25. The molecule has 1 fully saturated rings. The maximum Gasteiger partial charge on any atom is 0.254 e. The van der Waals surface area contributed by atoms with Gasteiger partial charge >= 0.3 is 0 Å². The van der Waals surface area contributed by atoms with Gasteiger partial charge in [0, 0.05) is 11.1 Å². The zero-order chi connectivity index (χ0) is 17.9. The van der Waals surface area contributed by atoms with Crippen molar-refractivity contribution in [1.82, 2.24) is 4.90 Å². The molecule has 0 aliphatic carbocycles. The Labute approximate surface area is 152 Å². The molecule has 2 aromatic carbocycles. The Morgan fingerprint density at radius 1 is 1.08 bits per heavy atom. The molecule has 2 aliphatic heterocycles. The van der Waals surface area contributed by atoms with E-state index in [1.807, 2.05) is 35.2 Å². The van der Waals surface area contributed by atoms with Crippen LogP contribution in [0.3, 0.4) is 0 Å². The molecule has 2 aliphatic rings. The number of ether oxygens (including phenoxy) is 3. The fraction of sp³-hybridized carbons (Fsp3) is 0.350. The lowest BCUT2D eigenvalue weighted by Gasteiger charge is -2.32. The van der Waals surface area contributed by atoms with Crippen molar-refractivity contribution >= 4 is 5.91 Å². The molecule has 1 amide bonds. The second-order valence-corrected chi connectivity index (χ2v) is 6.64. The van der Waals surface area contributed by atoms with E-state index in [9.17, 15) is 4.79 Å². The second-order valence-electron chi connectivity index (χ2n) is 6.64. The number of methoxy groups -OCH3 is 1. The minimum absolute atomic E-state index is 0.0924. The summed E-state index contributed by atoms with van der Waals surface area (Å²) in [7, 11) is 1.62. The molecule has 0 bridgehead atoms. The lowest BCUT2D eigenvalue weighted by Crippen LogP contribution is -3.13. The van der Waals surface area contributed by atoms with E-state index >= 15 is 0 Å². The summed E-state index contributed by atoms with van der Waals surface area (Å²) in [6.07, 6.45) is 0. The Morgan fingerprint density at radius 3 is 2.54 bits per heavy atom. The molecular weight excluding hydrogens is 332 g/mol. The van der Waals surface area contributed by atoms with E-state index in [4.69, 9.17) is 14.2 Å². The van der Waals surface area contributed by atoms with Gasteiger partial charge in [-0.25, -0.2) is 0 Å². The van der Waals surface area contributed by atoms with Crippen LogP contribution in [-0.2, 0) is 6.54 Å². The summed E-state index contributed by atoms with van der Waals surface area (Å²) in [5.41, 5.74) is 1.95. The van der Waals surface area contributed by atoms with E-state index in [0.717, 1.165) is 50.0 Å². The van der Waals surface area contributed by atoms with Crippen molar-refractivity contribution in [3.8, 4) is 17.2 Å². The van der Waals surface area contributed by atoms with Crippen molar-refractivity contribution in [3.05, 3.63) is 53.6 Å². The van der Waals surface area contributed by atoms with Crippen LogP contribution in [0.25, 0.3) is 0 Å². The Hall–Kier alpha value is -2.73. The predicted octanol–water partition coefficient (Wildman–Crippen LogP) is 0.965. The number of benzene rings is 2. The molecule has 2 aromatic rings. The van der Waals surface area contributed by atoms with E-state index in [1.165, 1.54) is 10.5 Å². The Morgan fingerprint density at radius 2 is 1.81 bits per heavy atom. The number of quaternary nitrogens is 1. The molecule has 26 heavy (non-hydrogen) atoms. The third-order valence-electron chi connectivity index (χ3n) is 4.99. The maximum atomic E-state index is 12.6. The molecule has 0 atom stereocenters. The highest BCUT2D eigenvalue weighted by atomic mass is 16.7. The number of fused-ring (bicyclic) bond motifs is 1. The molecule has 0 unspecified atom stereocenters. The molecule has 1 saturated heterocycles. The summed E-state index contributed by atoms with van der Waals surface area (Å²) in [5.74, 6) is 2.50. The van der Waals surface area contributed by atoms with Crippen molar-refractivity contribution in [2.24, 2.45) is 0 Å². The van der Waals surface area contributed by atoms with Gasteiger partial charge in [0.25, 0.3) is 5.91 Å². The topological polar surface area (TPSA) is 52.4 Å². The monoisotopic (exact) mass is 355 g/mol. The van der Waals surface area contributed by atoms with Gasteiger partial charge in [-0.2, -0.15) is 0 Å². The molecule has 6 nitrogen and oxygen atoms in total. The van der Waals surface area contributed by atoms with E-state index < -0.39 is 0 Å². The van der Waals surface area contributed by atoms with Crippen LogP contribution >= 0.6 is 0 Å². The van der Waals surface area contributed by atoms with Crippen molar-refractivity contribution in [3.63, 3.8) is 0 Å². The third-order valence-corrected chi connectivity index (χ3v) is 4.99. The summed E-state index contributed by atoms with van der Waals surface area (Å²) in [4.78, 5) is 16.0. The summed E-state index contributed by atoms with van der Waals surface area (Å²) in [5, 5.41) is 0. The SMILES string of the molecule is COc1ccc(C(=O)N2CC[NH+](Cc3ccc4c(c3)OCO4)CC2)cc1. The van der Waals surface area contributed by atoms with Crippen molar-refractivity contribution in [2.45, 2.75) is 6.54 Å². The first-order valence-electron chi connectivity index (χ1n) is 8.88. The smallest absolute Gasteiger partial charge is 0.254 e. The number of nitrogens with one attached hydrogen (secondary N) is 1. The minimum atomic E-state index is 0.0924. The number of nitrogens with zero attached hydrogens (tertiary/aromatic N) is 1. The van der Waals surface area contributed by atoms with Crippen molar-refractivity contribution < 1.29 is 23.9 Å². The van der Waals surface area contributed by atoms with Gasteiger partial charge in [0.2, 0.25) is 6.79 Å². The number of carbonyl (C=O) groups is 1. The first kappa shape index (κ1) is 16.7. The zero-order valence-electron chi connectivity index (χ0n) is 14.9. The summed E-state index contributed by atoms with van der Waals surface area (Å²) < 4.78 is 16.0. The fourth-order valence-corrected chi connectivity index (χ4v) is 3.46.